The standard InChI is InChI=1S/HO3PS/c1-5(2,3)4/h(H,1,2,3). The Kier molecular flexibility index (Phi) is 1.29. The van der Waals surface area contributed by atoms with Gasteiger partial charge in [-0.2, -0.15) is 8.42 Å². The first-order valence-corrected chi connectivity index (χ1v) is 3.19. The third-order valence-electron chi connectivity index (χ3n) is 0. The Hall–Kier alpha value is 0.340. The molecule has 1 N–H and O–H groups in total. The Morgan fingerprint density at radius 3 is 1.60 bits per heavy atom. The minimum atomic E-state index is -3.97. The molecule has 0 saturated carbocycles. The van der Waals surface area contributed by atoms with Gasteiger partial charge in [-0.1, -0.05) is 0 Å². The van der Waals surface area contributed by atoms with Crippen LogP contribution in [0.25, 0.3) is 0 Å². The molecule has 2 radical (unpaired) electrons. The first kappa shape index (κ1) is 5.34. The van der Waals surface area contributed by atoms with Crippen molar-refractivity contribution >= 4 is 18.2 Å². The molecule has 0 fully saturated rings. The van der Waals surface area contributed by atoms with Crippen molar-refractivity contribution in [2.45, 2.75) is 0 Å². The molecule has 0 unspecified atom stereocenters. The predicted molar refractivity (Wildman–Crippen MR) is 18.5 cm³/mol. The monoisotopic (exact) mass is 112 g/mol. The van der Waals surface area contributed by atoms with Gasteiger partial charge in [-0.05, 0) is 0 Å². The molecule has 3 nitrogen and oxygen atoms in total. The van der Waals surface area contributed by atoms with Gasteiger partial charge in [-0.15, -0.1) is 0 Å². The van der Waals surface area contributed by atoms with Gasteiger partial charge in [0.1, 0.15) is 8.44 Å². The maximum atomic E-state index is 9.05. The van der Waals surface area contributed by atoms with E-state index >= 15 is 0 Å². The van der Waals surface area contributed by atoms with Crippen molar-refractivity contribution in [2.75, 3.05) is 0 Å². The second-order valence-corrected chi connectivity index (χ2v) is 2.73. The molecular weight excluding hydrogens is 111 g/mol. The molecule has 0 rings (SSSR count). The van der Waals surface area contributed by atoms with E-state index in [1.165, 1.54) is 0 Å². The lowest BCUT2D eigenvalue weighted by atomic mass is 15.9. The molecule has 0 heterocycles. The largest absolute Gasteiger partial charge is 0.292 e. The molecule has 0 aliphatic heterocycles. The third kappa shape index (κ3) is 206. The maximum absolute atomic E-state index is 9.05. The van der Waals surface area contributed by atoms with Gasteiger partial charge in [0.05, 0.1) is 0 Å². The lowest BCUT2D eigenvalue weighted by Crippen LogP contribution is -1.76. The van der Waals surface area contributed by atoms with Crippen LogP contribution < -0.4 is 0 Å². The minimum absolute atomic E-state index is 2.65. The summed E-state index contributed by atoms with van der Waals surface area (Å²) in [6.45, 7) is 0. The molecule has 0 aromatic carbocycles. The van der Waals surface area contributed by atoms with E-state index in [9.17, 15) is 0 Å². The molecule has 0 aromatic heterocycles. The summed E-state index contributed by atoms with van der Waals surface area (Å²) >= 11 is 0. The molecule has 0 saturated heterocycles. The average molecular weight is 112 g/mol. The molecule has 0 atom stereocenters. The molecule has 0 amide bonds. The zero-order valence-corrected chi connectivity index (χ0v) is 3.83. The van der Waals surface area contributed by atoms with Crippen LogP contribution in [0, 0.1) is 0 Å². The molecule has 0 aromatic rings. The first-order chi connectivity index (χ1) is 2.00. The van der Waals surface area contributed by atoms with Crippen LogP contribution in [0.15, 0.2) is 0 Å². The Balaban J connectivity index is 4.06. The SMILES string of the molecule is O=S(=O)(O)[P]. The van der Waals surface area contributed by atoms with E-state index in [1.54, 1.807) is 0 Å². The fraction of sp³-hybridized carbons (Fsp3) is 0. The molecule has 0 aliphatic carbocycles. The van der Waals surface area contributed by atoms with E-state index in [1.807, 2.05) is 0 Å². The van der Waals surface area contributed by atoms with Crippen molar-refractivity contribution in [1.82, 2.24) is 0 Å². The van der Waals surface area contributed by atoms with Crippen molar-refractivity contribution in [2.24, 2.45) is 0 Å². The number of rotatable bonds is 0. The highest BCUT2D eigenvalue weighted by Crippen LogP contribution is 1.89. The lowest BCUT2D eigenvalue weighted by molar-refractivity contribution is 0.503. The van der Waals surface area contributed by atoms with Gasteiger partial charge in [-0.25, -0.2) is 0 Å². The Morgan fingerprint density at radius 1 is 1.60 bits per heavy atom. The fourth-order valence-electron chi connectivity index (χ4n) is 0. The second-order valence-electron chi connectivity index (χ2n) is 0.448. The van der Waals surface area contributed by atoms with Gasteiger partial charge in [0.2, 0.25) is 0 Å². The molecule has 30 valence electrons. The van der Waals surface area contributed by atoms with Crippen molar-refractivity contribution in [3.05, 3.63) is 0 Å². The van der Waals surface area contributed by atoms with E-state index < -0.39 is 9.74 Å². The zero-order valence-electron chi connectivity index (χ0n) is 2.12. The van der Waals surface area contributed by atoms with E-state index in [4.69, 9.17) is 13.0 Å². The number of hydrogen-bond donors (Lipinski definition) is 1. The quantitative estimate of drug-likeness (QED) is 0.359. The van der Waals surface area contributed by atoms with Crippen LogP contribution in [0.5, 0.6) is 0 Å². The minimum Gasteiger partial charge on any atom is -0.282 e. The summed E-state index contributed by atoms with van der Waals surface area (Å²) in [5, 5.41) is 0. The Morgan fingerprint density at radius 2 is 1.60 bits per heavy atom. The third-order valence-corrected chi connectivity index (χ3v) is 0. The molecule has 5 heteroatoms. The Labute approximate surface area is 32.1 Å². The Bertz CT molecular complexity index is 90.1. The van der Waals surface area contributed by atoms with Gasteiger partial charge in [-0.3, -0.25) is 4.55 Å². The van der Waals surface area contributed by atoms with Gasteiger partial charge < -0.3 is 0 Å². The van der Waals surface area contributed by atoms with Gasteiger partial charge in [0.25, 0.3) is 9.74 Å². The predicted octanol–water partition coefficient (Wildman–Crippen LogP) is 0.200. The van der Waals surface area contributed by atoms with Crippen LogP contribution in [0.4, 0.5) is 0 Å². The average Bonchev–Trinajstić information content (AvgIpc) is 0.722. The lowest BCUT2D eigenvalue weighted by Gasteiger charge is -1.66. The molecular formula is HO3PS. The number of hydrogen-bond acceptors (Lipinski definition) is 2. The maximum Gasteiger partial charge on any atom is 0.292 e. The highest BCUT2D eigenvalue weighted by atomic mass is 32.7. The first-order valence-electron chi connectivity index (χ1n) is 0.698. The van der Waals surface area contributed by atoms with E-state index in [-0.39, 0.29) is 0 Å². The zero-order chi connectivity index (χ0) is 4.50. The summed E-state index contributed by atoms with van der Waals surface area (Å²) in [4.78, 5) is 0. The van der Waals surface area contributed by atoms with Crippen molar-refractivity contribution in [1.29, 1.82) is 0 Å². The smallest absolute Gasteiger partial charge is 0.282 e. The van der Waals surface area contributed by atoms with Gasteiger partial charge >= 0.3 is 0 Å². The van der Waals surface area contributed by atoms with Crippen molar-refractivity contribution in [3.63, 3.8) is 0 Å². The summed E-state index contributed by atoms with van der Waals surface area (Å²) in [6.07, 6.45) is 0. The van der Waals surface area contributed by atoms with Gasteiger partial charge in [0, 0.05) is 0 Å². The summed E-state index contributed by atoms with van der Waals surface area (Å²) in [5.74, 6) is 0. The summed E-state index contributed by atoms with van der Waals surface area (Å²) in [6, 6.07) is 0. The van der Waals surface area contributed by atoms with Crippen LogP contribution in [-0.4, -0.2) is 13.0 Å². The highest BCUT2D eigenvalue weighted by molar-refractivity contribution is 8.34. The molecule has 5 heavy (non-hydrogen) atoms. The second kappa shape index (κ2) is 1.20. The molecule has 0 spiro atoms. The summed E-state index contributed by atoms with van der Waals surface area (Å²) in [7, 11) is -1.32. The van der Waals surface area contributed by atoms with Crippen LogP contribution in [-0.2, 0) is 9.74 Å². The summed E-state index contributed by atoms with van der Waals surface area (Å²) < 4.78 is 25.5. The van der Waals surface area contributed by atoms with E-state index in [0.29, 0.717) is 0 Å². The van der Waals surface area contributed by atoms with Crippen molar-refractivity contribution in [3.8, 4) is 0 Å². The van der Waals surface area contributed by atoms with Crippen LogP contribution >= 0.6 is 8.44 Å². The van der Waals surface area contributed by atoms with E-state index in [0.717, 1.165) is 0 Å². The fourth-order valence-corrected chi connectivity index (χ4v) is 0. The molecule has 0 aliphatic rings. The van der Waals surface area contributed by atoms with Crippen LogP contribution in [0.3, 0.4) is 0 Å². The van der Waals surface area contributed by atoms with Crippen LogP contribution in [0.2, 0.25) is 0 Å². The highest BCUT2D eigenvalue weighted by Gasteiger charge is 1.84. The normalized spacial score (nSPS) is 11.6. The van der Waals surface area contributed by atoms with Crippen LogP contribution in [0.1, 0.15) is 0 Å². The summed E-state index contributed by atoms with van der Waals surface area (Å²) in [5.41, 5.74) is 0. The molecule has 0 bridgehead atoms. The topological polar surface area (TPSA) is 54.4 Å². The van der Waals surface area contributed by atoms with Crippen molar-refractivity contribution < 1.29 is 13.0 Å². The van der Waals surface area contributed by atoms with E-state index in [2.05, 4.69) is 8.44 Å². The van der Waals surface area contributed by atoms with Gasteiger partial charge in [0.15, 0.2) is 0 Å².